The van der Waals surface area contributed by atoms with E-state index >= 15 is 0 Å². The van der Waals surface area contributed by atoms with Crippen molar-refractivity contribution in [1.29, 1.82) is 0 Å². The summed E-state index contributed by atoms with van der Waals surface area (Å²) in [5, 5.41) is 3.11. The third-order valence-corrected chi connectivity index (χ3v) is 4.64. The van der Waals surface area contributed by atoms with Crippen molar-refractivity contribution in [2.45, 2.75) is 6.42 Å². The number of carbonyl (C=O) groups excluding carboxylic acids is 1. The van der Waals surface area contributed by atoms with E-state index in [1.54, 1.807) is 17.2 Å². The summed E-state index contributed by atoms with van der Waals surface area (Å²) in [6, 6.07) is 15.1. The van der Waals surface area contributed by atoms with Crippen LogP contribution in [0.2, 0.25) is 0 Å². The van der Waals surface area contributed by atoms with Crippen molar-refractivity contribution in [1.82, 2.24) is 9.97 Å². The number of rotatable bonds is 3. The van der Waals surface area contributed by atoms with Gasteiger partial charge in [0.15, 0.2) is 11.5 Å². The summed E-state index contributed by atoms with van der Waals surface area (Å²) in [7, 11) is 0. The lowest BCUT2D eigenvalue weighted by Gasteiger charge is -2.17. The van der Waals surface area contributed by atoms with Crippen molar-refractivity contribution in [3.63, 3.8) is 0 Å². The molecule has 3 heterocycles. The van der Waals surface area contributed by atoms with Crippen LogP contribution in [0.5, 0.6) is 11.5 Å². The zero-order valence-corrected chi connectivity index (χ0v) is 14.4. The summed E-state index contributed by atoms with van der Waals surface area (Å²) >= 11 is 0. The third-order valence-electron chi connectivity index (χ3n) is 4.64. The fraction of sp³-hybridized carbons (Fsp3) is 0.150. The molecule has 0 saturated heterocycles. The van der Waals surface area contributed by atoms with Crippen LogP contribution in [0.1, 0.15) is 16.1 Å². The molecular formula is C20H16N4O3. The van der Waals surface area contributed by atoms with Crippen LogP contribution in [-0.2, 0) is 6.42 Å². The van der Waals surface area contributed by atoms with Crippen molar-refractivity contribution in [3.05, 3.63) is 66.0 Å². The molecule has 0 atom stereocenters. The Morgan fingerprint density at radius 3 is 2.93 bits per heavy atom. The second kappa shape index (κ2) is 6.28. The van der Waals surface area contributed by atoms with Gasteiger partial charge in [-0.25, -0.2) is 9.97 Å². The molecule has 2 aromatic carbocycles. The average molecular weight is 360 g/mol. The molecule has 2 aliphatic rings. The van der Waals surface area contributed by atoms with Crippen molar-refractivity contribution >= 4 is 23.2 Å². The summed E-state index contributed by atoms with van der Waals surface area (Å²) in [5.41, 5.74) is 3.24. The number of carbonyl (C=O) groups is 1. The third kappa shape index (κ3) is 2.83. The van der Waals surface area contributed by atoms with E-state index in [0.717, 1.165) is 17.8 Å². The number of hydrogen-bond donors (Lipinski definition) is 1. The Bertz CT molecular complexity index is 1040. The van der Waals surface area contributed by atoms with Gasteiger partial charge in [0.2, 0.25) is 12.7 Å². The predicted molar refractivity (Wildman–Crippen MR) is 99.7 cm³/mol. The number of para-hydroxylation sites is 1. The van der Waals surface area contributed by atoms with E-state index in [0.29, 0.717) is 29.7 Å². The standard InChI is InChI=1S/C20H16N4O3/c25-19(24-10-8-13-3-1-2-4-16(13)24)15-7-9-21-20(23-15)22-14-5-6-17-18(11-14)27-12-26-17/h1-7,9,11H,8,10,12H2,(H,21,22,23). The maximum Gasteiger partial charge on any atom is 0.277 e. The highest BCUT2D eigenvalue weighted by Gasteiger charge is 2.26. The van der Waals surface area contributed by atoms with Crippen molar-refractivity contribution in [3.8, 4) is 11.5 Å². The molecule has 0 saturated carbocycles. The summed E-state index contributed by atoms with van der Waals surface area (Å²) in [6.07, 6.45) is 2.44. The molecule has 0 unspecified atom stereocenters. The lowest BCUT2D eigenvalue weighted by Crippen LogP contribution is -2.29. The number of fused-ring (bicyclic) bond motifs is 2. The molecule has 0 aliphatic carbocycles. The minimum Gasteiger partial charge on any atom is -0.454 e. The Morgan fingerprint density at radius 2 is 1.96 bits per heavy atom. The highest BCUT2D eigenvalue weighted by Crippen LogP contribution is 2.35. The molecule has 7 nitrogen and oxygen atoms in total. The van der Waals surface area contributed by atoms with E-state index in [2.05, 4.69) is 21.4 Å². The first-order valence-corrected chi connectivity index (χ1v) is 8.67. The second-order valence-electron chi connectivity index (χ2n) is 6.29. The Morgan fingerprint density at radius 1 is 1.07 bits per heavy atom. The van der Waals surface area contributed by atoms with E-state index in [4.69, 9.17) is 9.47 Å². The normalized spacial score (nSPS) is 14.1. The van der Waals surface area contributed by atoms with Crippen LogP contribution in [0.4, 0.5) is 17.3 Å². The smallest absolute Gasteiger partial charge is 0.277 e. The van der Waals surface area contributed by atoms with Gasteiger partial charge in [-0.15, -0.1) is 0 Å². The van der Waals surface area contributed by atoms with Gasteiger partial charge in [0.25, 0.3) is 5.91 Å². The van der Waals surface area contributed by atoms with Crippen LogP contribution < -0.4 is 19.7 Å². The maximum absolute atomic E-state index is 12.9. The van der Waals surface area contributed by atoms with E-state index < -0.39 is 0 Å². The van der Waals surface area contributed by atoms with E-state index in [-0.39, 0.29) is 12.7 Å². The van der Waals surface area contributed by atoms with Gasteiger partial charge in [-0.2, -0.15) is 0 Å². The lowest BCUT2D eigenvalue weighted by atomic mass is 10.2. The summed E-state index contributed by atoms with van der Waals surface area (Å²) in [5.74, 6) is 1.60. The Labute approximate surface area is 155 Å². The van der Waals surface area contributed by atoms with E-state index in [9.17, 15) is 4.79 Å². The van der Waals surface area contributed by atoms with Crippen LogP contribution in [0.25, 0.3) is 0 Å². The van der Waals surface area contributed by atoms with Gasteiger partial charge in [0.05, 0.1) is 0 Å². The highest BCUT2D eigenvalue weighted by molar-refractivity contribution is 6.06. The molecule has 0 radical (unpaired) electrons. The van der Waals surface area contributed by atoms with Gasteiger partial charge in [-0.05, 0) is 36.2 Å². The number of anilines is 3. The molecule has 7 heteroatoms. The number of hydrogen-bond acceptors (Lipinski definition) is 6. The van der Waals surface area contributed by atoms with E-state index in [1.807, 2.05) is 36.4 Å². The fourth-order valence-corrected chi connectivity index (χ4v) is 3.33. The van der Waals surface area contributed by atoms with Gasteiger partial charge >= 0.3 is 0 Å². The van der Waals surface area contributed by atoms with Crippen molar-refractivity contribution in [2.24, 2.45) is 0 Å². The summed E-state index contributed by atoms with van der Waals surface area (Å²) in [6.45, 7) is 0.879. The number of nitrogens with one attached hydrogen (secondary N) is 1. The Balaban J connectivity index is 1.39. The number of amides is 1. The first-order chi connectivity index (χ1) is 13.3. The molecule has 134 valence electrons. The fourth-order valence-electron chi connectivity index (χ4n) is 3.33. The molecule has 5 rings (SSSR count). The molecule has 1 amide bonds. The molecule has 2 aliphatic heterocycles. The van der Waals surface area contributed by atoms with Gasteiger partial charge in [-0.1, -0.05) is 18.2 Å². The molecule has 27 heavy (non-hydrogen) atoms. The molecule has 1 aromatic heterocycles. The Hall–Kier alpha value is -3.61. The molecule has 0 fully saturated rings. The number of benzene rings is 2. The highest BCUT2D eigenvalue weighted by atomic mass is 16.7. The number of aromatic nitrogens is 2. The quantitative estimate of drug-likeness (QED) is 0.773. The molecule has 1 N–H and O–H groups in total. The lowest BCUT2D eigenvalue weighted by molar-refractivity contribution is 0.0984. The summed E-state index contributed by atoms with van der Waals surface area (Å²) in [4.78, 5) is 23.3. The zero-order valence-electron chi connectivity index (χ0n) is 14.4. The number of nitrogens with zero attached hydrogens (tertiary/aromatic N) is 3. The van der Waals surface area contributed by atoms with Crippen LogP contribution in [-0.4, -0.2) is 29.2 Å². The topological polar surface area (TPSA) is 76.6 Å². The maximum atomic E-state index is 12.9. The van der Waals surface area contributed by atoms with Crippen LogP contribution >= 0.6 is 0 Å². The first-order valence-electron chi connectivity index (χ1n) is 8.67. The van der Waals surface area contributed by atoms with Gasteiger partial charge < -0.3 is 19.7 Å². The minimum atomic E-state index is -0.129. The summed E-state index contributed by atoms with van der Waals surface area (Å²) < 4.78 is 10.7. The zero-order chi connectivity index (χ0) is 18.2. The molecule has 0 bridgehead atoms. The van der Waals surface area contributed by atoms with Crippen molar-refractivity contribution < 1.29 is 14.3 Å². The van der Waals surface area contributed by atoms with Crippen molar-refractivity contribution in [2.75, 3.05) is 23.6 Å². The van der Waals surface area contributed by atoms with Crippen LogP contribution in [0.15, 0.2) is 54.7 Å². The van der Waals surface area contributed by atoms with Gasteiger partial charge in [0.1, 0.15) is 5.69 Å². The first kappa shape index (κ1) is 15.6. The molecular weight excluding hydrogens is 344 g/mol. The average Bonchev–Trinajstić information content (AvgIpc) is 3.34. The largest absolute Gasteiger partial charge is 0.454 e. The SMILES string of the molecule is O=C(c1ccnc(Nc2ccc3c(c2)OCO3)n1)N1CCc2ccccc21. The second-order valence-corrected chi connectivity index (χ2v) is 6.29. The number of ether oxygens (including phenoxy) is 2. The predicted octanol–water partition coefficient (Wildman–Crippen LogP) is 3.15. The van der Waals surface area contributed by atoms with Gasteiger partial charge in [0, 0.05) is 30.2 Å². The van der Waals surface area contributed by atoms with Crippen LogP contribution in [0, 0.1) is 0 Å². The minimum absolute atomic E-state index is 0.129. The van der Waals surface area contributed by atoms with E-state index in [1.165, 1.54) is 5.56 Å². The molecule has 3 aromatic rings. The molecule has 0 spiro atoms. The van der Waals surface area contributed by atoms with Crippen LogP contribution in [0.3, 0.4) is 0 Å². The van der Waals surface area contributed by atoms with Gasteiger partial charge in [-0.3, -0.25) is 4.79 Å². The monoisotopic (exact) mass is 360 g/mol. The Kier molecular flexibility index (Phi) is 3.64.